The van der Waals surface area contributed by atoms with Gasteiger partial charge in [-0.15, -0.1) is 0 Å². The molecule has 1 aliphatic rings. The van der Waals surface area contributed by atoms with Crippen molar-refractivity contribution in [2.75, 3.05) is 51.9 Å². The van der Waals surface area contributed by atoms with E-state index < -0.39 is 5.91 Å². The minimum absolute atomic E-state index is 0.0958. The molecule has 1 fully saturated rings. The zero-order chi connectivity index (χ0) is 23.9. The largest absolute Gasteiger partial charge is 0.491 e. The number of anilines is 1. The van der Waals surface area contributed by atoms with E-state index in [0.29, 0.717) is 35.6 Å². The topological polar surface area (TPSA) is 121 Å². The molecule has 2 aromatic heterocycles. The molecule has 0 unspecified atom stereocenters. The predicted octanol–water partition coefficient (Wildman–Crippen LogP) is 1.57. The lowest BCUT2D eigenvalue weighted by Crippen LogP contribution is -2.37. The highest BCUT2D eigenvalue weighted by atomic mass is 16.5. The van der Waals surface area contributed by atoms with E-state index in [1.165, 1.54) is 30.3 Å². The van der Waals surface area contributed by atoms with Crippen molar-refractivity contribution < 1.29 is 19.0 Å². The normalized spacial score (nSPS) is 14.2. The molecule has 0 spiro atoms. The third-order valence-electron chi connectivity index (χ3n) is 5.57. The molecule has 3 heterocycles. The molecule has 180 valence electrons. The highest BCUT2D eigenvalue weighted by molar-refractivity contribution is 6.02. The lowest BCUT2D eigenvalue weighted by molar-refractivity contribution is 0.0357. The van der Waals surface area contributed by atoms with Crippen molar-refractivity contribution in [1.29, 1.82) is 0 Å². The average molecular weight is 469 g/mol. The standard InChI is InChI=1S/C23H28N6O5/c1-3-29-22(31)16-5-6-18(34-12-4-9-28-10-13-33-14-11-28)20(32-2)19(16)26-23(29)27-21(30)17-15-24-7-8-25-17/h5-8,15H,3-4,9-14H2,1-2H3,(H,26,27,30). The van der Waals surface area contributed by atoms with Gasteiger partial charge in [0.25, 0.3) is 11.5 Å². The number of carbonyl (C=O) groups excluding carboxylic acids is 1. The van der Waals surface area contributed by atoms with Crippen molar-refractivity contribution in [3.05, 3.63) is 46.8 Å². The summed E-state index contributed by atoms with van der Waals surface area (Å²) in [6.45, 7) is 6.90. The lowest BCUT2D eigenvalue weighted by Gasteiger charge is -2.26. The number of rotatable bonds is 9. The Morgan fingerprint density at radius 1 is 1.24 bits per heavy atom. The summed E-state index contributed by atoms with van der Waals surface area (Å²) in [7, 11) is 1.50. The smallest absolute Gasteiger partial charge is 0.278 e. The summed E-state index contributed by atoms with van der Waals surface area (Å²) in [5, 5.41) is 3.04. The Hall–Kier alpha value is -3.57. The minimum Gasteiger partial charge on any atom is -0.491 e. The third kappa shape index (κ3) is 5.15. The van der Waals surface area contributed by atoms with Gasteiger partial charge in [0.15, 0.2) is 11.5 Å². The molecule has 11 heteroatoms. The maximum atomic E-state index is 13.1. The van der Waals surface area contributed by atoms with Crippen LogP contribution in [0.3, 0.4) is 0 Å². The number of benzene rings is 1. The van der Waals surface area contributed by atoms with Gasteiger partial charge in [-0.2, -0.15) is 0 Å². The third-order valence-corrected chi connectivity index (χ3v) is 5.57. The molecule has 1 saturated heterocycles. The Morgan fingerprint density at radius 2 is 2.06 bits per heavy atom. The molecule has 1 N–H and O–H groups in total. The number of fused-ring (bicyclic) bond motifs is 1. The minimum atomic E-state index is -0.518. The van der Waals surface area contributed by atoms with Gasteiger partial charge in [-0.05, 0) is 25.5 Å². The van der Waals surface area contributed by atoms with Crippen molar-refractivity contribution >= 4 is 22.8 Å². The first kappa shape index (κ1) is 23.6. The second kappa shape index (κ2) is 11.0. The number of carbonyl (C=O) groups is 1. The molecule has 0 atom stereocenters. The fourth-order valence-corrected chi connectivity index (χ4v) is 3.82. The first-order chi connectivity index (χ1) is 16.6. The van der Waals surface area contributed by atoms with Gasteiger partial charge in [-0.1, -0.05) is 0 Å². The van der Waals surface area contributed by atoms with Crippen LogP contribution in [0.2, 0.25) is 0 Å². The van der Waals surface area contributed by atoms with E-state index in [2.05, 4.69) is 25.2 Å². The summed E-state index contributed by atoms with van der Waals surface area (Å²) in [6.07, 6.45) is 5.07. The number of nitrogens with one attached hydrogen (secondary N) is 1. The molecule has 1 aliphatic heterocycles. The van der Waals surface area contributed by atoms with Crippen LogP contribution in [0.5, 0.6) is 11.5 Å². The molecule has 1 amide bonds. The van der Waals surface area contributed by atoms with Crippen LogP contribution in [0.1, 0.15) is 23.8 Å². The van der Waals surface area contributed by atoms with Crippen LogP contribution in [0, 0.1) is 0 Å². The molecule has 4 rings (SSSR count). The quantitative estimate of drug-likeness (QED) is 0.467. The van der Waals surface area contributed by atoms with Crippen molar-refractivity contribution in [3.63, 3.8) is 0 Å². The van der Waals surface area contributed by atoms with Crippen LogP contribution < -0.4 is 20.3 Å². The van der Waals surface area contributed by atoms with E-state index >= 15 is 0 Å². The summed E-state index contributed by atoms with van der Waals surface area (Å²) in [4.78, 5) is 40.6. The number of nitrogens with zero attached hydrogens (tertiary/aromatic N) is 5. The van der Waals surface area contributed by atoms with E-state index in [1.54, 1.807) is 19.1 Å². The summed E-state index contributed by atoms with van der Waals surface area (Å²) >= 11 is 0. The molecular weight excluding hydrogens is 440 g/mol. The molecule has 0 radical (unpaired) electrons. The second-order valence-electron chi connectivity index (χ2n) is 7.68. The summed E-state index contributed by atoms with van der Waals surface area (Å²) in [6, 6.07) is 3.39. The molecule has 0 aliphatic carbocycles. The van der Waals surface area contributed by atoms with Gasteiger partial charge in [-0.25, -0.2) is 9.97 Å². The van der Waals surface area contributed by atoms with Crippen molar-refractivity contribution in [2.24, 2.45) is 0 Å². The number of hydrogen-bond donors (Lipinski definition) is 1. The van der Waals surface area contributed by atoms with E-state index in [0.717, 1.165) is 39.3 Å². The number of hydrogen-bond acceptors (Lipinski definition) is 9. The Labute approximate surface area is 196 Å². The molecule has 11 nitrogen and oxygen atoms in total. The van der Waals surface area contributed by atoms with E-state index in [9.17, 15) is 9.59 Å². The first-order valence-corrected chi connectivity index (χ1v) is 11.2. The van der Waals surface area contributed by atoms with Crippen LogP contribution in [-0.4, -0.2) is 76.9 Å². The fourth-order valence-electron chi connectivity index (χ4n) is 3.82. The highest BCUT2D eigenvalue weighted by Crippen LogP contribution is 2.34. The molecule has 34 heavy (non-hydrogen) atoms. The number of methoxy groups -OCH3 is 1. The molecule has 0 bridgehead atoms. The molecule has 0 saturated carbocycles. The van der Waals surface area contributed by atoms with E-state index in [-0.39, 0.29) is 17.2 Å². The van der Waals surface area contributed by atoms with Crippen LogP contribution in [0.15, 0.2) is 35.5 Å². The second-order valence-corrected chi connectivity index (χ2v) is 7.68. The number of morpholine rings is 1. The molecule has 3 aromatic rings. The predicted molar refractivity (Wildman–Crippen MR) is 126 cm³/mol. The summed E-state index contributed by atoms with van der Waals surface area (Å²) < 4.78 is 18.3. The van der Waals surface area contributed by atoms with Gasteiger partial charge < -0.3 is 14.2 Å². The first-order valence-electron chi connectivity index (χ1n) is 11.2. The van der Waals surface area contributed by atoms with Crippen molar-refractivity contribution in [3.8, 4) is 11.5 Å². The van der Waals surface area contributed by atoms with Gasteiger partial charge >= 0.3 is 0 Å². The van der Waals surface area contributed by atoms with Crippen molar-refractivity contribution in [2.45, 2.75) is 19.9 Å². The van der Waals surface area contributed by atoms with Gasteiger partial charge in [0.2, 0.25) is 5.95 Å². The number of aromatic nitrogens is 4. The Morgan fingerprint density at radius 3 is 2.76 bits per heavy atom. The number of amides is 1. The Kier molecular flexibility index (Phi) is 7.65. The molecule has 1 aromatic carbocycles. The van der Waals surface area contributed by atoms with Gasteiger partial charge in [-0.3, -0.25) is 29.4 Å². The van der Waals surface area contributed by atoms with Crippen molar-refractivity contribution in [1.82, 2.24) is 24.4 Å². The summed E-state index contributed by atoms with van der Waals surface area (Å²) in [5.74, 6) is 0.415. The Balaban J connectivity index is 1.58. The number of ether oxygens (including phenoxy) is 3. The van der Waals surface area contributed by atoms with Gasteiger partial charge in [0, 0.05) is 38.6 Å². The van der Waals surface area contributed by atoms with E-state index in [4.69, 9.17) is 14.2 Å². The SMILES string of the molecule is CCn1c(NC(=O)c2cnccn2)nc2c(OC)c(OCCCN3CCOCC3)ccc2c1=O. The monoisotopic (exact) mass is 468 g/mol. The van der Waals surface area contributed by atoms with E-state index in [1.807, 2.05) is 0 Å². The highest BCUT2D eigenvalue weighted by Gasteiger charge is 2.19. The average Bonchev–Trinajstić information content (AvgIpc) is 2.87. The van der Waals surface area contributed by atoms with Gasteiger partial charge in [0.1, 0.15) is 11.2 Å². The summed E-state index contributed by atoms with van der Waals surface area (Å²) in [5.41, 5.74) is 0.139. The maximum Gasteiger partial charge on any atom is 0.278 e. The Bertz CT molecular complexity index is 1190. The van der Waals surface area contributed by atoms with Gasteiger partial charge in [0.05, 0.1) is 38.5 Å². The van der Waals surface area contributed by atoms with Crippen LogP contribution in [0.4, 0.5) is 5.95 Å². The van der Waals surface area contributed by atoms with Crippen LogP contribution in [0.25, 0.3) is 10.9 Å². The van der Waals surface area contributed by atoms with Crippen LogP contribution >= 0.6 is 0 Å². The fraction of sp³-hybridized carbons (Fsp3) is 0.435. The maximum absolute atomic E-state index is 13.1. The zero-order valence-corrected chi connectivity index (χ0v) is 19.3. The zero-order valence-electron chi connectivity index (χ0n) is 19.3. The van der Waals surface area contributed by atoms with Crippen LogP contribution in [-0.2, 0) is 11.3 Å². The lowest BCUT2D eigenvalue weighted by atomic mass is 10.2. The molecular formula is C23H28N6O5.